The van der Waals surface area contributed by atoms with Crippen molar-refractivity contribution in [2.75, 3.05) is 0 Å². The standard InChI is InChI=1S/2C9H13.Zr/c2*1-3-8-5-6-9(4-2)7-8;/h2*5-7H,3-4H2,1-2H3;. The molecule has 2 unspecified atom stereocenters. The van der Waals surface area contributed by atoms with Gasteiger partial charge in [0.15, 0.2) is 0 Å². The Morgan fingerprint density at radius 1 is 0.789 bits per heavy atom. The Morgan fingerprint density at radius 3 is 1.47 bits per heavy atom. The van der Waals surface area contributed by atoms with Gasteiger partial charge in [0.05, 0.1) is 0 Å². The van der Waals surface area contributed by atoms with Crippen molar-refractivity contribution in [3.8, 4) is 0 Å². The van der Waals surface area contributed by atoms with Crippen LogP contribution < -0.4 is 0 Å². The predicted octanol–water partition coefficient (Wildman–Crippen LogP) is 6.02. The predicted molar refractivity (Wildman–Crippen MR) is 81.0 cm³/mol. The monoisotopic (exact) mass is 332 g/mol. The molecule has 0 aromatic heterocycles. The molecule has 1 heteroatoms. The van der Waals surface area contributed by atoms with Gasteiger partial charge in [-0.15, -0.1) is 0 Å². The zero-order valence-corrected chi connectivity index (χ0v) is 15.3. The summed E-state index contributed by atoms with van der Waals surface area (Å²) in [6, 6.07) is 0. The summed E-state index contributed by atoms with van der Waals surface area (Å²) >= 11 is -0.591. The van der Waals surface area contributed by atoms with E-state index in [-0.39, 0.29) is 0 Å². The Kier molecular flexibility index (Phi) is 4.88. The minimum absolute atomic E-state index is 0.453. The van der Waals surface area contributed by atoms with E-state index in [1.54, 1.807) is 11.1 Å². The zero-order valence-electron chi connectivity index (χ0n) is 12.8. The number of allylic oxidation sites excluding steroid dienone is 8. The summed E-state index contributed by atoms with van der Waals surface area (Å²) in [6.45, 7) is 9.28. The Hall–Kier alpha value is -0.157. The van der Waals surface area contributed by atoms with Crippen LogP contribution in [0.1, 0.15) is 53.4 Å². The van der Waals surface area contributed by atoms with Crippen LogP contribution in [0.25, 0.3) is 0 Å². The van der Waals surface area contributed by atoms with E-state index in [4.69, 9.17) is 0 Å². The molecule has 2 aliphatic rings. The van der Waals surface area contributed by atoms with Crippen molar-refractivity contribution in [3.05, 3.63) is 47.6 Å². The van der Waals surface area contributed by atoms with E-state index in [0.717, 1.165) is 0 Å². The maximum absolute atomic E-state index is 2.60. The van der Waals surface area contributed by atoms with Crippen molar-refractivity contribution in [2.45, 2.75) is 59.6 Å². The fraction of sp³-hybridized carbons (Fsp3) is 0.556. The summed E-state index contributed by atoms with van der Waals surface area (Å²) in [7, 11) is 0. The SMILES string of the molecule is CCC1=C[C](CC)([Zr][C]2(CC)C=CC(CC)=C2)C=C1. The third-order valence-electron chi connectivity index (χ3n) is 4.53. The summed E-state index contributed by atoms with van der Waals surface area (Å²) < 4.78 is 0.906. The second kappa shape index (κ2) is 6.08. The third kappa shape index (κ3) is 3.13. The van der Waals surface area contributed by atoms with Crippen molar-refractivity contribution in [1.29, 1.82) is 0 Å². The molecule has 0 nitrogen and oxygen atoms in total. The summed E-state index contributed by atoms with van der Waals surface area (Å²) in [5.41, 5.74) is 3.10. The number of hydrogen-bond donors (Lipinski definition) is 0. The van der Waals surface area contributed by atoms with E-state index in [1.807, 2.05) is 0 Å². The van der Waals surface area contributed by atoms with Gasteiger partial charge in [-0.3, -0.25) is 0 Å². The van der Waals surface area contributed by atoms with Crippen molar-refractivity contribution in [1.82, 2.24) is 0 Å². The Morgan fingerprint density at radius 2 is 1.21 bits per heavy atom. The van der Waals surface area contributed by atoms with E-state index >= 15 is 0 Å². The summed E-state index contributed by atoms with van der Waals surface area (Å²) in [5, 5.41) is 0. The minimum atomic E-state index is -0.591. The molecule has 19 heavy (non-hydrogen) atoms. The average molecular weight is 334 g/mol. The molecule has 0 fully saturated rings. The first-order valence-electron chi connectivity index (χ1n) is 7.72. The van der Waals surface area contributed by atoms with Crippen LogP contribution >= 0.6 is 0 Å². The molecule has 2 atom stereocenters. The van der Waals surface area contributed by atoms with E-state index in [9.17, 15) is 0 Å². The van der Waals surface area contributed by atoms with Crippen molar-refractivity contribution >= 4 is 0 Å². The molecule has 0 aliphatic heterocycles. The van der Waals surface area contributed by atoms with E-state index in [1.165, 1.54) is 25.7 Å². The maximum atomic E-state index is 2.60. The normalized spacial score (nSPS) is 32.6. The fourth-order valence-electron chi connectivity index (χ4n) is 3.01. The number of hydrogen-bond acceptors (Lipinski definition) is 0. The molecule has 0 saturated carbocycles. The Labute approximate surface area is 130 Å². The summed E-state index contributed by atoms with van der Waals surface area (Å²) in [4.78, 5) is 0. The van der Waals surface area contributed by atoms with Gasteiger partial charge in [-0.05, 0) is 0 Å². The molecule has 0 N–H and O–H groups in total. The van der Waals surface area contributed by atoms with Crippen molar-refractivity contribution < 1.29 is 23.2 Å². The molecule has 0 radical (unpaired) electrons. The van der Waals surface area contributed by atoms with E-state index in [0.29, 0.717) is 6.25 Å². The van der Waals surface area contributed by atoms with E-state index < -0.39 is 23.2 Å². The summed E-state index contributed by atoms with van der Waals surface area (Å²) in [6.07, 6.45) is 20.0. The van der Waals surface area contributed by atoms with Crippen LogP contribution in [0, 0.1) is 0 Å². The molecule has 0 aromatic rings. The quantitative estimate of drug-likeness (QED) is 0.557. The van der Waals surface area contributed by atoms with Crippen LogP contribution in [0.5, 0.6) is 0 Å². The second-order valence-corrected chi connectivity index (χ2v) is 10.9. The topological polar surface area (TPSA) is 0 Å². The van der Waals surface area contributed by atoms with Gasteiger partial charge < -0.3 is 0 Å². The van der Waals surface area contributed by atoms with Crippen LogP contribution in [-0.4, -0.2) is 0 Å². The van der Waals surface area contributed by atoms with Crippen molar-refractivity contribution in [3.63, 3.8) is 0 Å². The molecule has 2 rings (SSSR count). The molecule has 0 spiro atoms. The van der Waals surface area contributed by atoms with Crippen LogP contribution in [-0.2, 0) is 23.2 Å². The molecule has 2 aliphatic carbocycles. The van der Waals surface area contributed by atoms with Gasteiger partial charge in [-0.2, -0.15) is 0 Å². The first-order chi connectivity index (χ1) is 9.11. The molecular weight excluding hydrogens is 307 g/mol. The van der Waals surface area contributed by atoms with Gasteiger partial charge in [-0.25, -0.2) is 0 Å². The molecule has 0 amide bonds. The Bertz CT molecular complexity index is 410. The van der Waals surface area contributed by atoms with Gasteiger partial charge in [0, 0.05) is 0 Å². The van der Waals surface area contributed by atoms with Gasteiger partial charge in [0.25, 0.3) is 0 Å². The molecule has 0 bridgehead atoms. The molecule has 102 valence electrons. The third-order valence-corrected chi connectivity index (χ3v) is 10.1. The molecule has 0 saturated heterocycles. The summed E-state index contributed by atoms with van der Waals surface area (Å²) in [5.74, 6) is 0. The average Bonchev–Trinajstić information content (AvgIpc) is 3.04. The molecular formula is C18H26Zr. The van der Waals surface area contributed by atoms with Gasteiger partial charge >= 0.3 is 130 Å². The van der Waals surface area contributed by atoms with Gasteiger partial charge in [0.2, 0.25) is 0 Å². The first-order valence-corrected chi connectivity index (χ1v) is 10.2. The molecule has 0 heterocycles. The fourth-order valence-corrected chi connectivity index (χ4v) is 8.10. The Balaban J connectivity index is 2.24. The van der Waals surface area contributed by atoms with Crippen LogP contribution in [0.3, 0.4) is 0 Å². The van der Waals surface area contributed by atoms with Crippen molar-refractivity contribution in [2.24, 2.45) is 0 Å². The number of rotatable bonds is 6. The molecule has 0 aromatic carbocycles. The first kappa shape index (κ1) is 15.2. The van der Waals surface area contributed by atoms with Crippen LogP contribution in [0.4, 0.5) is 0 Å². The van der Waals surface area contributed by atoms with Gasteiger partial charge in [-0.1, -0.05) is 0 Å². The van der Waals surface area contributed by atoms with Crippen LogP contribution in [0.15, 0.2) is 47.6 Å². The van der Waals surface area contributed by atoms with E-state index in [2.05, 4.69) is 64.2 Å². The van der Waals surface area contributed by atoms with Crippen LogP contribution in [0.2, 0.25) is 6.25 Å². The zero-order chi connectivity index (χ0) is 13.9. The second-order valence-electron chi connectivity index (χ2n) is 5.73. The van der Waals surface area contributed by atoms with Gasteiger partial charge in [0.1, 0.15) is 0 Å².